The van der Waals surface area contributed by atoms with Crippen LogP contribution >= 0.6 is 0 Å². The van der Waals surface area contributed by atoms with Gasteiger partial charge >= 0.3 is 5.97 Å². The Morgan fingerprint density at radius 2 is 2.10 bits per heavy atom. The number of methoxy groups -OCH3 is 1. The fraction of sp³-hybridized carbons (Fsp3) is 0.533. The van der Waals surface area contributed by atoms with Gasteiger partial charge in [0.15, 0.2) is 5.79 Å². The van der Waals surface area contributed by atoms with E-state index < -0.39 is 17.8 Å². The molecule has 0 aromatic heterocycles. The van der Waals surface area contributed by atoms with Crippen LogP contribution in [0.3, 0.4) is 0 Å². The molecule has 2 N–H and O–H groups in total. The minimum absolute atomic E-state index is 0.0603. The summed E-state index contributed by atoms with van der Waals surface area (Å²) in [6, 6.07) is 6.86. The molecule has 1 aromatic rings. The van der Waals surface area contributed by atoms with Crippen molar-refractivity contribution in [2.24, 2.45) is 5.73 Å². The van der Waals surface area contributed by atoms with Crippen LogP contribution in [-0.2, 0) is 25.4 Å². The number of hydrogen-bond acceptors (Lipinski definition) is 5. The fourth-order valence-corrected chi connectivity index (χ4v) is 2.25. The van der Waals surface area contributed by atoms with E-state index in [4.69, 9.17) is 15.2 Å². The summed E-state index contributed by atoms with van der Waals surface area (Å²) in [5, 5.41) is 0. The van der Waals surface area contributed by atoms with E-state index in [9.17, 15) is 4.79 Å². The highest BCUT2D eigenvalue weighted by Crippen LogP contribution is 2.25. The van der Waals surface area contributed by atoms with E-state index in [2.05, 4.69) is 4.74 Å². The lowest BCUT2D eigenvalue weighted by Gasteiger charge is -2.17. The Morgan fingerprint density at radius 1 is 1.45 bits per heavy atom. The Bertz CT molecular complexity index is 469. The summed E-state index contributed by atoms with van der Waals surface area (Å²) in [6.07, 6.45) is 0.835. The van der Waals surface area contributed by atoms with Crippen LogP contribution in [-0.4, -0.2) is 31.6 Å². The van der Waals surface area contributed by atoms with Gasteiger partial charge in [-0.3, -0.25) is 4.79 Å². The second-order valence-electron chi connectivity index (χ2n) is 5.40. The van der Waals surface area contributed by atoms with Crippen LogP contribution in [0, 0.1) is 0 Å². The largest absolute Gasteiger partial charge is 0.468 e. The van der Waals surface area contributed by atoms with E-state index in [1.54, 1.807) is 0 Å². The second-order valence-corrected chi connectivity index (χ2v) is 5.40. The van der Waals surface area contributed by atoms with Gasteiger partial charge in [-0.05, 0) is 25.0 Å². The van der Waals surface area contributed by atoms with Crippen LogP contribution in [0.25, 0.3) is 0 Å². The number of benzene rings is 1. The van der Waals surface area contributed by atoms with Crippen molar-refractivity contribution in [2.75, 3.05) is 13.7 Å². The van der Waals surface area contributed by atoms with Gasteiger partial charge in [-0.1, -0.05) is 24.3 Å². The topological polar surface area (TPSA) is 70.8 Å². The molecule has 1 aromatic carbocycles. The number of ether oxygens (including phenoxy) is 3. The van der Waals surface area contributed by atoms with Crippen molar-refractivity contribution in [3.8, 4) is 0 Å². The van der Waals surface area contributed by atoms with Crippen molar-refractivity contribution < 1.29 is 19.0 Å². The molecule has 1 heterocycles. The third kappa shape index (κ3) is 3.56. The third-order valence-electron chi connectivity index (χ3n) is 3.32. The average molecular weight is 279 g/mol. The summed E-state index contributed by atoms with van der Waals surface area (Å²) in [7, 11) is 1.33. The lowest BCUT2D eigenvalue weighted by atomic mass is 10.0. The summed E-state index contributed by atoms with van der Waals surface area (Å²) in [6.45, 7) is 4.41. The molecule has 5 nitrogen and oxygen atoms in total. The number of rotatable bonds is 4. The van der Waals surface area contributed by atoms with Crippen molar-refractivity contribution in [2.45, 2.75) is 38.2 Å². The Hall–Kier alpha value is -1.43. The van der Waals surface area contributed by atoms with E-state index in [1.807, 2.05) is 38.1 Å². The molecule has 1 saturated heterocycles. The first-order valence-corrected chi connectivity index (χ1v) is 6.65. The van der Waals surface area contributed by atoms with E-state index >= 15 is 0 Å². The Balaban J connectivity index is 1.97. The first-order valence-electron chi connectivity index (χ1n) is 6.65. The summed E-state index contributed by atoms with van der Waals surface area (Å²) in [5.74, 6) is -0.940. The van der Waals surface area contributed by atoms with Crippen LogP contribution in [0.15, 0.2) is 24.3 Å². The summed E-state index contributed by atoms with van der Waals surface area (Å²) in [5.41, 5.74) is 7.64. The monoisotopic (exact) mass is 279 g/mol. The molecule has 0 radical (unpaired) electrons. The number of carbonyl (C=O) groups is 1. The molecule has 5 heteroatoms. The molecule has 1 aliphatic heterocycles. The molecule has 0 saturated carbocycles. The van der Waals surface area contributed by atoms with E-state index in [-0.39, 0.29) is 6.10 Å². The van der Waals surface area contributed by atoms with Crippen LogP contribution < -0.4 is 5.73 Å². The number of hydrogen-bond donors (Lipinski definition) is 1. The molecule has 0 spiro atoms. The maximum Gasteiger partial charge on any atom is 0.327 e. The minimum Gasteiger partial charge on any atom is -0.468 e. The predicted octanol–water partition coefficient (Wildman–Crippen LogP) is 1.55. The highest BCUT2D eigenvalue weighted by atomic mass is 16.7. The normalized spacial score (nSPS) is 22.5. The van der Waals surface area contributed by atoms with Crippen LogP contribution in [0.2, 0.25) is 0 Å². The maximum absolute atomic E-state index is 11.4. The van der Waals surface area contributed by atoms with Gasteiger partial charge < -0.3 is 19.9 Å². The van der Waals surface area contributed by atoms with Crippen molar-refractivity contribution in [1.82, 2.24) is 0 Å². The third-order valence-corrected chi connectivity index (χ3v) is 3.32. The molecule has 0 bridgehead atoms. The van der Waals surface area contributed by atoms with Gasteiger partial charge in [-0.25, -0.2) is 0 Å². The van der Waals surface area contributed by atoms with Crippen LogP contribution in [0.5, 0.6) is 0 Å². The molecule has 20 heavy (non-hydrogen) atoms. The van der Waals surface area contributed by atoms with Crippen LogP contribution in [0.4, 0.5) is 0 Å². The molecule has 1 aliphatic rings. The van der Waals surface area contributed by atoms with E-state index in [0.717, 1.165) is 17.5 Å². The number of esters is 1. The lowest BCUT2D eigenvalue weighted by Crippen LogP contribution is -2.23. The smallest absolute Gasteiger partial charge is 0.327 e. The molecular weight excluding hydrogens is 258 g/mol. The fourth-order valence-electron chi connectivity index (χ4n) is 2.25. The minimum atomic E-state index is -0.737. The Kier molecular flexibility index (Phi) is 4.42. The van der Waals surface area contributed by atoms with Gasteiger partial charge in [0.05, 0.1) is 19.8 Å². The van der Waals surface area contributed by atoms with Gasteiger partial charge in [-0.15, -0.1) is 0 Å². The zero-order chi connectivity index (χ0) is 14.8. The molecule has 1 fully saturated rings. The highest BCUT2D eigenvalue weighted by Gasteiger charge is 2.32. The Labute approximate surface area is 119 Å². The number of nitrogens with two attached hydrogens (primary N) is 1. The predicted molar refractivity (Wildman–Crippen MR) is 74.0 cm³/mol. The average Bonchev–Trinajstić information content (AvgIpc) is 2.77. The van der Waals surface area contributed by atoms with Crippen molar-refractivity contribution in [3.63, 3.8) is 0 Å². The van der Waals surface area contributed by atoms with Crippen molar-refractivity contribution in [1.29, 1.82) is 0 Å². The van der Waals surface area contributed by atoms with Gasteiger partial charge in [-0.2, -0.15) is 0 Å². The summed E-state index contributed by atoms with van der Waals surface area (Å²) < 4.78 is 15.9. The summed E-state index contributed by atoms with van der Waals surface area (Å²) in [4.78, 5) is 11.4. The van der Waals surface area contributed by atoms with Gasteiger partial charge in [0.1, 0.15) is 6.04 Å². The quantitative estimate of drug-likeness (QED) is 0.847. The molecule has 0 amide bonds. The van der Waals surface area contributed by atoms with Gasteiger partial charge in [0, 0.05) is 6.42 Å². The Morgan fingerprint density at radius 3 is 2.60 bits per heavy atom. The number of carbonyl (C=O) groups excluding carboxylic acids is 1. The van der Waals surface area contributed by atoms with E-state index in [0.29, 0.717) is 6.61 Å². The molecule has 2 atom stereocenters. The molecular formula is C15H21NO4. The second kappa shape index (κ2) is 5.91. The first-order chi connectivity index (χ1) is 9.41. The highest BCUT2D eigenvalue weighted by molar-refractivity contribution is 5.77. The SMILES string of the molecule is COC(=O)[C@@H](N)c1ccc(CC2COC(C)(C)O2)cc1. The van der Waals surface area contributed by atoms with E-state index in [1.165, 1.54) is 7.11 Å². The zero-order valence-electron chi connectivity index (χ0n) is 12.1. The molecule has 0 aliphatic carbocycles. The van der Waals surface area contributed by atoms with Gasteiger partial charge in [0.2, 0.25) is 0 Å². The summed E-state index contributed by atoms with van der Waals surface area (Å²) >= 11 is 0. The standard InChI is InChI=1S/C15H21NO4/c1-15(2)19-9-12(20-15)8-10-4-6-11(7-5-10)13(16)14(17)18-3/h4-7,12-13H,8-9,16H2,1-3H3/t12?,13-/m0/s1. The zero-order valence-corrected chi connectivity index (χ0v) is 12.1. The molecule has 2 rings (SSSR count). The van der Waals surface area contributed by atoms with Crippen LogP contribution in [0.1, 0.15) is 31.0 Å². The molecule has 1 unspecified atom stereocenters. The van der Waals surface area contributed by atoms with Gasteiger partial charge in [0.25, 0.3) is 0 Å². The first kappa shape index (κ1) is 15.0. The molecule has 110 valence electrons. The van der Waals surface area contributed by atoms with Crippen molar-refractivity contribution in [3.05, 3.63) is 35.4 Å². The maximum atomic E-state index is 11.4. The lowest BCUT2D eigenvalue weighted by molar-refractivity contribution is -0.142. The van der Waals surface area contributed by atoms with Crippen molar-refractivity contribution >= 4 is 5.97 Å².